The Morgan fingerprint density at radius 2 is 1.79 bits per heavy atom. The second-order valence-corrected chi connectivity index (χ2v) is 5.67. The van der Waals surface area contributed by atoms with E-state index in [4.69, 9.17) is 16.3 Å². The van der Waals surface area contributed by atoms with Crippen LogP contribution in [0.1, 0.15) is 5.69 Å². The molecule has 0 aliphatic carbocycles. The molecular formula is C17H12ClFN4O. The van der Waals surface area contributed by atoms with E-state index < -0.39 is 0 Å². The standard InChI is InChI=1S/C17H12ClFN4O/c1-9-14-15(18)21-12-7-8-13(24-2)22-17(12)23(14)16(20-9)10-3-5-11(19)6-4-10/h3-8H,1-2H3. The molecule has 120 valence electrons. The van der Waals surface area contributed by atoms with E-state index in [1.807, 2.05) is 11.3 Å². The average Bonchev–Trinajstić information content (AvgIpc) is 2.94. The molecule has 0 bridgehead atoms. The number of imidazole rings is 1. The van der Waals surface area contributed by atoms with Gasteiger partial charge < -0.3 is 4.74 Å². The number of methoxy groups -OCH3 is 1. The first-order chi connectivity index (χ1) is 11.6. The summed E-state index contributed by atoms with van der Waals surface area (Å²) >= 11 is 6.35. The molecule has 0 spiro atoms. The minimum atomic E-state index is -0.305. The van der Waals surface area contributed by atoms with Gasteiger partial charge in [0, 0.05) is 11.6 Å². The maximum atomic E-state index is 13.3. The van der Waals surface area contributed by atoms with E-state index >= 15 is 0 Å². The van der Waals surface area contributed by atoms with Gasteiger partial charge in [-0.2, -0.15) is 4.98 Å². The number of ether oxygens (including phenoxy) is 1. The van der Waals surface area contributed by atoms with Gasteiger partial charge >= 0.3 is 0 Å². The van der Waals surface area contributed by atoms with Gasteiger partial charge in [0.05, 0.1) is 12.8 Å². The molecule has 4 rings (SSSR count). The van der Waals surface area contributed by atoms with Crippen LogP contribution in [-0.4, -0.2) is 26.5 Å². The Morgan fingerprint density at radius 3 is 2.50 bits per heavy atom. The summed E-state index contributed by atoms with van der Waals surface area (Å²) in [5.41, 5.74) is 3.35. The third-order valence-electron chi connectivity index (χ3n) is 3.82. The molecule has 0 unspecified atom stereocenters. The molecule has 5 nitrogen and oxygen atoms in total. The highest BCUT2D eigenvalue weighted by Crippen LogP contribution is 2.30. The number of fused-ring (bicyclic) bond motifs is 3. The minimum absolute atomic E-state index is 0.305. The fraction of sp³-hybridized carbons (Fsp3) is 0.118. The highest BCUT2D eigenvalue weighted by molar-refractivity contribution is 6.33. The van der Waals surface area contributed by atoms with Crippen molar-refractivity contribution in [2.24, 2.45) is 0 Å². The van der Waals surface area contributed by atoms with Gasteiger partial charge in [-0.25, -0.2) is 14.4 Å². The van der Waals surface area contributed by atoms with Crippen LogP contribution in [0, 0.1) is 12.7 Å². The SMILES string of the molecule is COc1ccc2nc(Cl)c3c(C)nc(-c4ccc(F)cc4)n3c2n1. The normalized spacial score (nSPS) is 11.3. The average molecular weight is 343 g/mol. The molecule has 0 atom stereocenters. The molecule has 0 aliphatic rings. The molecule has 1 aromatic carbocycles. The summed E-state index contributed by atoms with van der Waals surface area (Å²) in [6.07, 6.45) is 0. The third-order valence-corrected chi connectivity index (χ3v) is 4.08. The van der Waals surface area contributed by atoms with Crippen molar-refractivity contribution in [2.45, 2.75) is 6.92 Å². The molecule has 3 heterocycles. The van der Waals surface area contributed by atoms with Crippen molar-refractivity contribution >= 4 is 28.3 Å². The molecule has 0 saturated heterocycles. The van der Waals surface area contributed by atoms with Crippen molar-refractivity contribution in [3.63, 3.8) is 0 Å². The van der Waals surface area contributed by atoms with E-state index in [1.54, 1.807) is 31.4 Å². The summed E-state index contributed by atoms with van der Waals surface area (Å²) < 4.78 is 20.3. The van der Waals surface area contributed by atoms with Gasteiger partial charge in [0.25, 0.3) is 0 Å². The lowest BCUT2D eigenvalue weighted by atomic mass is 10.2. The van der Waals surface area contributed by atoms with Gasteiger partial charge in [-0.3, -0.25) is 4.40 Å². The van der Waals surface area contributed by atoms with Crippen molar-refractivity contribution < 1.29 is 9.13 Å². The molecule has 0 aliphatic heterocycles. The van der Waals surface area contributed by atoms with E-state index in [-0.39, 0.29) is 5.82 Å². The number of aryl methyl sites for hydroxylation is 1. The second-order valence-electron chi connectivity index (χ2n) is 5.31. The van der Waals surface area contributed by atoms with Crippen LogP contribution in [0.5, 0.6) is 5.88 Å². The summed E-state index contributed by atoms with van der Waals surface area (Å²) in [4.78, 5) is 13.5. The predicted octanol–water partition coefficient (Wildman–Crippen LogP) is 4.05. The van der Waals surface area contributed by atoms with Crippen LogP contribution in [0.15, 0.2) is 36.4 Å². The smallest absolute Gasteiger partial charge is 0.215 e. The summed E-state index contributed by atoms with van der Waals surface area (Å²) in [6, 6.07) is 9.64. The first kappa shape index (κ1) is 14.8. The monoisotopic (exact) mass is 342 g/mol. The lowest BCUT2D eigenvalue weighted by Gasteiger charge is -2.08. The molecule has 0 N–H and O–H groups in total. The van der Waals surface area contributed by atoms with E-state index in [0.717, 1.165) is 11.3 Å². The second kappa shape index (κ2) is 5.42. The van der Waals surface area contributed by atoms with Gasteiger partial charge in [0.2, 0.25) is 5.88 Å². The molecule has 0 fully saturated rings. The highest BCUT2D eigenvalue weighted by Gasteiger charge is 2.18. The fourth-order valence-corrected chi connectivity index (χ4v) is 3.03. The Morgan fingerprint density at radius 1 is 1.04 bits per heavy atom. The zero-order valence-electron chi connectivity index (χ0n) is 12.9. The maximum Gasteiger partial charge on any atom is 0.215 e. The molecule has 24 heavy (non-hydrogen) atoms. The van der Waals surface area contributed by atoms with Gasteiger partial charge in [-0.15, -0.1) is 0 Å². The molecular weight excluding hydrogens is 331 g/mol. The third kappa shape index (κ3) is 2.18. The van der Waals surface area contributed by atoms with Crippen LogP contribution >= 0.6 is 11.6 Å². The Hall–Kier alpha value is -2.73. The van der Waals surface area contributed by atoms with Crippen molar-refractivity contribution in [3.05, 3.63) is 53.1 Å². The molecule has 0 amide bonds. The lowest BCUT2D eigenvalue weighted by molar-refractivity contribution is 0.399. The zero-order chi connectivity index (χ0) is 16.8. The molecule has 4 aromatic rings. The first-order valence-electron chi connectivity index (χ1n) is 7.23. The van der Waals surface area contributed by atoms with Crippen LogP contribution < -0.4 is 4.74 Å². The number of hydrogen-bond acceptors (Lipinski definition) is 4. The van der Waals surface area contributed by atoms with E-state index in [2.05, 4.69) is 15.0 Å². The zero-order valence-corrected chi connectivity index (χ0v) is 13.7. The van der Waals surface area contributed by atoms with Crippen LogP contribution in [0.3, 0.4) is 0 Å². The maximum absolute atomic E-state index is 13.3. The quantitative estimate of drug-likeness (QED) is 0.551. The van der Waals surface area contributed by atoms with Crippen LogP contribution in [0.2, 0.25) is 5.15 Å². The Bertz CT molecular complexity index is 1080. The number of aromatic nitrogens is 4. The van der Waals surface area contributed by atoms with Gasteiger partial charge in [0.15, 0.2) is 10.8 Å². The number of halogens is 2. The predicted molar refractivity (Wildman–Crippen MR) is 90.0 cm³/mol. The highest BCUT2D eigenvalue weighted by atomic mass is 35.5. The summed E-state index contributed by atoms with van der Waals surface area (Å²) in [5, 5.41) is 0.341. The van der Waals surface area contributed by atoms with Crippen molar-refractivity contribution in [2.75, 3.05) is 7.11 Å². The van der Waals surface area contributed by atoms with Crippen LogP contribution in [-0.2, 0) is 0 Å². The van der Waals surface area contributed by atoms with Gasteiger partial charge in [0.1, 0.15) is 22.7 Å². The Kier molecular flexibility index (Phi) is 3.35. The van der Waals surface area contributed by atoms with E-state index in [1.165, 1.54) is 12.1 Å². The number of benzene rings is 1. The van der Waals surface area contributed by atoms with Crippen LogP contribution in [0.25, 0.3) is 28.1 Å². The summed E-state index contributed by atoms with van der Waals surface area (Å²) in [5.74, 6) is 0.780. The minimum Gasteiger partial charge on any atom is -0.481 e. The largest absolute Gasteiger partial charge is 0.481 e. The number of rotatable bonds is 2. The fourth-order valence-electron chi connectivity index (χ4n) is 2.72. The molecule has 7 heteroatoms. The number of hydrogen-bond donors (Lipinski definition) is 0. The molecule has 0 radical (unpaired) electrons. The molecule has 0 saturated carbocycles. The molecule has 3 aromatic heterocycles. The first-order valence-corrected chi connectivity index (χ1v) is 7.61. The summed E-state index contributed by atoms with van der Waals surface area (Å²) in [6.45, 7) is 1.85. The van der Waals surface area contributed by atoms with Crippen LogP contribution in [0.4, 0.5) is 4.39 Å². The van der Waals surface area contributed by atoms with Crippen molar-refractivity contribution in [1.29, 1.82) is 0 Å². The Labute approximate surface area is 141 Å². The van der Waals surface area contributed by atoms with Crippen molar-refractivity contribution in [3.8, 4) is 17.3 Å². The van der Waals surface area contributed by atoms with Gasteiger partial charge in [-0.05, 0) is 37.3 Å². The summed E-state index contributed by atoms with van der Waals surface area (Å²) in [7, 11) is 1.55. The van der Waals surface area contributed by atoms with E-state index in [9.17, 15) is 4.39 Å². The number of pyridine rings is 1. The van der Waals surface area contributed by atoms with E-state index in [0.29, 0.717) is 33.5 Å². The number of nitrogens with zero attached hydrogens (tertiary/aromatic N) is 4. The van der Waals surface area contributed by atoms with Crippen molar-refractivity contribution in [1.82, 2.24) is 19.4 Å². The van der Waals surface area contributed by atoms with Gasteiger partial charge in [-0.1, -0.05) is 11.6 Å². The lowest BCUT2D eigenvalue weighted by Crippen LogP contribution is -1.99. The Balaban J connectivity index is 2.16. The topological polar surface area (TPSA) is 52.3 Å².